The second kappa shape index (κ2) is 7.83. The van der Waals surface area contributed by atoms with Gasteiger partial charge in [-0.3, -0.25) is 9.78 Å². The third kappa shape index (κ3) is 3.47. The number of amides is 1. The molecule has 0 fully saturated rings. The summed E-state index contributed by atoms with van der Waals surface area (Å²) in [6.45, 7) is 0.646. The molecule has 0 aliphatic carbocycles. The Labute approximate surface area is 189 Å². The lowest BCUT2D eigenvalue weighted by Gasteiger charge is -2.18. The maximum atomic E-state index is 12.9. The highest BCUT2D eigenvalue weighted by Gasteiger charge is 2.26. The number of hydrogen-bond acceptors (Lipinski definition) is 6. The molecule has 1 aliphatic rings. The van der Waals surface area contributed by atoms with E-state index in [2.05, 4.69) is 31.4 Å². The Bertz CT molecular complexity index is 1460. The first-order valence-electron chi connectivity index (χ1n) is 10.6. The van der Waals surface area contributed by atoms with E-state index in [0.717, 1.165) is 40.4 Å². The van der Waals surface area contributed by atoms with E-state index in [-0.39, 0.29) is 5.91 Å². The molecule has 0 bridgehead atoms. The van der Waals surface area contributed by atoms with Gasteiger partial charge in [0.2, 0.25) is 0 Å². The van der Waals surface area contributed by atoms with Crippen LogP contribution in [0.1, 0.15) is 15.9 Å². The number of anilines is 3. The molecular weight excluding hydrogens is 414 g/mol. The van der Waals surface area contributed by atoms with Crippen LogP contribution in [-0.2, 0) is 6.42 Å². The van der Waals surface area contributed by atoms with Crippen LogP contribution in [0.4, 0.5) is 17.2 Å². The first kappa shape index (κ1) is 19.1. The predicted molar refractivity (Wildman–Crippen MR) is 126 cm³/mol. The quantitative estimate of drug-likeness (QED) is 0.458. The Morgan fingerprint density at radius 2 is 1.91 bits per heavy atom. The molecule has 0 atom stereocenters. The summed E-state index contributed by atoms with van der Waals surface area (Å²) < 4.78 is 1.68. The summed E-state index contributed by atoms with van der Waals surface area (Å²) in [5.74, 6) is 1.25. The summed E-state index contributed by atoms with van der Waals surface area (Å²) in [4.78, 5) is 27.7. The number of aromatic nitrogens is 5. The smallest absolute Gasteiger partial charge is 0.259 e. The zero-order valence-electron chi connectivity index (χ0n) is 17.6. The Balaban J connectivity index is 1.32. The number of fused-ring (bicyclic) bond motifs is 2. The van der Waals surface area contributed by atoms with Gasteiger partial charge in [0, 0.05) is 41.9 Å². The molecule has 3 aromatic heterocycles. The van der Waals surface area contributed by atoms with E-state index in [0.29, 0.717) is 17.9 Å². The van der Waals surface area contributed by atoms with Gasteiger partial charge < -0.3 is 10.2 Å². The fourth-order valence-corrected chi connectivity index (χ4v) is 4.14. The van der Waals surface area contributed by atoms with E-state index in [9.17, 15) is 4.79 Å². The van der Waals surface area contributed by atoms with Crippen molar-refractivity contribution >= 4 is 28.9 Å². The third-order valence-electron chi connectivity index (χ3n) is 5.72. The lowest BCUT2D eigenvalue weighted by Crippen LogP contribution is -2.28. The minimum absolute atomic E-state index is 0.0338. The van der Waals surface area contributed by atoms with Crippen LogP contribution in [-0.4, -0.2) is 37.0 Å². The van der Waals surface area contributed by atoms with Crippen molar-refractivity contribution in [2.75, 3.05) is 16.8 Å². The molecule has 0 saturated heterocycles. The van der Waals surface area contributed by atoms with Crippen LogP contribution < -0.4 is 10.2 Å². The van der Waals surface area contributed by atoms with Crippen LogP contribution in [0.2, 0.25) is 0 Å². The Kier molecular flexibility index (Phi) is 4.54. The van der Waals surface area contributed by atoms with E-state index in [4.69, 9.17) is 0 Å². The highest BCUT2D eigenvalue weighted by Crippen LogP contribution is 2.33. The van der Waals surface area contributed by atoms with E-state index in [1.165, 1.54) is 6.33 Å². The van der Waals surface area contributed by atoms with Gasteiger partial charge in [0.05, 0.1) is 11.3 Å². The molecule has 2 aromatic carbocycles. The molecule has 4 heterocycles. The average molecular weight is 433 g/mol. The van der Waals surface area contributed by atoms with Gasteiger partial charge in [0.25, 0.3) is 11.7 Å². The standard InChI is InChI=1S/C25H19N7O/c33-24(19-7-4-11-26-15-19)31-12-10-18-13-20(8-9-22(18)31)29-23-14-21(17-5-2-1-3-6-17)30-25-27-16-28-32(23)25/h1-9,11,13-16,29H,10,12H2. The lowest BCUT2D eigenvalue weighted by molar-refractivity contribution is 0.0989. The molecule has 1 N–H and O–H groups in total. The van der Waals surface area contributed by atoms with E-state index in [1.54, 1.807) is 29.0 Å². The van der Waals surface area contributed by atoms with Crippen LogP contribution >= 0.6 is 0 Å². The number of nitrogens with zero attached hydrogens (tertiary/aromatic N) is 6. The van der Waals surface area contributed by atoms with Crippen molar-refractivity contribution < 1.29 is 4.79 Å². The minimum Gasteiger partial charge on any atom is -0.340 e. The van der Waals surface area contributed by atoms with Gasteiger partial charge >= 0.3 is 0 Å². The molecule has 0 spiro atoms. The maximum Gasteiger partial charge on any atom is 0.259 e. The van der Waals surface area contributed by atoms with Crippen LogP contribution in [0, 0.1) is 0 Å². The number of rotatable bonds is 4. The second-order valence-electron chi connectivity index (χ2n) is 7.78. The van der Waals surface area contributed by atoms with Crippen molar-refractivity contribution in [1.82, 2.24) is 24.6 Å². The summed E-state index contributed by atoms with van der Waals surface area (Å²) in [6.07, 6.45) is 5.56. The minimum atomic E-state index is -0.0338. The van der Waals surface area contributed by atoms with E-state index >= 15 is 0 Å². The Hall–Kier alpha value is -4.59. The molecule has 0 unspecified atom stereocenters. The normalized spacial score (nSPS) is 12.7. The largest absolute Gasteiger partial charge is 0.340 e. The molecule has 0 radical (unpaired) electrons. The molecule has 6 rings (SSSR count). The van der Waals surface area contributed by atoms with Gasteiger partial charge in [-0.1, -0.05) is 30.3 Å². The van der Waals surface area contributed by atoms with Gasteiger partial charge in [-0.05, 0) is 42.3 Å². The van der Waals surface area contributed by atoms with E-state index < -0.39 is 0 Å². The van der Waals surface area contributed by atoms with Crippen molar-refractivity contribution in [2.45, 2.75) is 6.42 Å². The van der Waals surface area contributed by atoms with Crippen molar-refractivity contribution in [3.05, 3.63) is 96.6 Å². The molecule has 33 heavy (non-hydrogen) atoms. The highest BCUT2D eigenvalue weighted by molar-refractivity contribution is 6.07. The van der Waals surface area contributed by atoms with Crippen LogP contribution in [0.25, 0.3) is 17.0 Å². The van der Waals surface area contributed by atoms with Crippen molar-refractivity contribution in [3.8, 4) is 11.3 Å². The first-order chi connectivity index (χ1) is 16.3. The van der Waals surface area contributed by atoms with Crippen LogP contribution in [0.3, 0.4) is 0 Å². The lowest BCUT2D eigenvalue weighted by atomic mass is 10.1. The number of carbonyl (C=O) groups is 1. The molecule has 1 amide bonds. The zero-order chi connectivity index (χ0) is 22.2. The number of nitrogens with one attached hydrogen (secondary N) is 1. The monoisotopic (exact) mass is 433 g/mol. The fourth-order valence-electron chi connectivity index (χ4n) is 4.14. The zero-order valence-corrected chi connectivity index (χ0v) is 17.6. The average Bonchev–Trinajstić information content (AvgIpc) is 3.52. The summed E-state index contributed by atoms with van der Waals surface area (Å²) in [7, 11) is 0. The van der Waals surface area contributed by atoms with Gasteiger partial charge in [0.15, 0.2) is 0 Å². The van der Waals surface area contributed by atoms with E-state index in [1.807, 2.05) is 53.4 Å². The molecule has 8 heteroatoms. The first-order valence-corrected chi connectivity index (χ1v) is 10.6. The van der Waals surface area contributed by atoms with Crippen molar-refractivity contribution in [1.29, 1.82) is 0 Å². The third-order valence-corrected chi connectivity index (χ3v) is 5.72. The van der Waals surface area contributed by atoms with Gasteiger partial charge in [-0.15, -0.1) is 0 Å². The summed E-state index contributed by atoms with van der Waals surface area (Å²) in [6, 6.07) is 21.5. The molecular formula is C25H19N7O. The Morgan fingerprint density at radius 3 is 2.76 bits per heavy atom. The van der Waals surface area contributed by atoms with Crippen LogP contribution in [0.5, 0.6) is 0 Å². The summed E-state index contributed by atoms with van der Waals surface area (Å²) in [5.41, 5.74) is 5.36. The highest BCUT2D eigenvalue weighted by atomic mass is 16.2. The van der Waals surface area contributed by atoms with Gasteiger partial charge in [-0.2, -0.15) is 14.6 Å². The Morgan fingerprint density at radius 1 is 1.00 bits per heavy atom. The molecule has 1 aliphatic heterocycles. The topological polar surface area (TPSA) is 88.3 Å². The molecule has 0 saturated carbocycles. The molecule has 8 nitrogen and oxygen atoms in total. The number of pyridine rings is 1. The number of carbonyl (C=O) groups excluding carboxylic acids is 1. The molecule has 160 valence electrons. The van der Waals surface area contributed by atoms with Crippen molar-refractivity contribution in [2.24, 2.45) is 0 Å². The number of hydrogen-bond donors (Lipinski definition) is 1. The van der Waals surface area contributed by atoms with Crippen molar-refractivity contribution in [3.63, 3.8) is 0 Å². The van der Waals surface area contributed by atoms with Gasteiger partial charge in [-0.25, -0.2) is 4.98 Å². The fraction of sp³-hybridized carbons (Fsp3) is 0.0800. The number of benzene rings is 2. The second-order valence-corrected chi connectivity index (χ2v) is 7.78. The SMILES string of the molecule is O=C(c1cccnc1)N1CCc2cc(Nc3cc(-c4ccccc4)nc4ncnn34)ccc21. The summed E-state index contributed by atoms with van der Waals surface area (Å²) in [5, 5.41) is 7.77. The summed E-state index contributed by atoms with van der Waals surface area (Å²) >= 11 is 0. The predicted octanol–water partition coefficient (Wildman–Crippen LogP) is 4.13. The maximum absolute atomic E-state index is 12.9. The van der Waals surface area contributed by atoms with Gasteiger partial charge in [0.1, 0.15) is 12.1 Å². The molecule has 5 aromatic rings. The van der Waals surface area contributed by atoms with Crippen LogP contribution in [0.15, 0.2) is 85.5 Å².